The summed E-state index contributed by atoms with van der Waals surface area (Å²) in [4.78, 5) is 17.0. The normalized spacial score (nSPS) is 16.9. The molecule has 1 aliphatic heterocycles. The second kappa shape index (κ2) is 9.56. The summed E-state index contributed by atoms with van der Waals surface area (Å²) in [7, 11) is 0. The van der Waals surface area contributed by atoms with Crippen LogP contribution < -0.4 is 5.32 Å². The van der Waals surface area contributed by atoms with E-state index in [9.17, 15) is 4.79 Å². The minimum absolute atomic E-state index is 0.0269. The van der Waals surface area contributed by atoms with E-state index in [0.29, 0.717) is 11.6 Å². The molecule has 1 aliphatic rings. The molecule has 1 N–H and O–H groups in total. The third-order valence-corrected chi connectivity index (χ3v) is 5.40. The standard InChI is InChI=1S/C21H25Cl2N3O/c1-16(18-4-8-20(23)9-5-18)24-21(27)15-26-12-10-25(11-13-26)14-17-2-6-19(22)7-3-17/h2-9,16H,10-15H2,1H3,(H,24,27). The van der Waals surface area contributed by atoms with E-state index in [1.807, 2.05) is 43.3 Å². The molecule has 0 radical (unpaired) electrons. The van der Waals surface area contributed by atoms with Gasteiger partial charge in [-0.3, -0.25) is 14.6 Å². The van der Waals surface area contributed by atoms with Gasteiger partial charge in [0.25, 0.3) is 0 Å². The van der Waals surface area contributed by atoms with Crippen LogP contribution in [0.4, 0.5) is 0 Å². The summed E-state index contributed by atoms with van der Waals surface area (Å²) in [6, 6.07) is 15.6. The first-order chi connectivity index (χ1) is 13.0. The number of amides is 1. The Hall–Kier alpha value is -1.59. The highest BCUT2D eigenvalue weighted by atomic mass is 35.5. The van der Waals surface area contributed by atoms with E-state index in [2.05, 4.69) is 27.2 Å². The molecule has 0 spiro atoms. The number of nitrogens with one attached hydrogen (secondary N) is 1. The van der Waals surface area contributed by atoms with Gasteiger partial charge in [0, 0.05) is 42.8 Å². The predicted octanol–water partition coefficient (Wildman–Crippen LogP) is 3.99. The topological polar surface area (TPSA) is 35.6 Å². The van der Waals surface area contributed by atoms with Crippen molar-refractivity contribution in [2.24, 2.45) is 0 Å². The monoisotopic (exact) mass is 405 g/mol. The maximum Gasteiger partial charge on any atom is 0.234 e. The van der Waals surface area contributed by atoms with Gasteiger partial charge in [0.1, 0.15) is 0 Å². The number of carbonyl (C=O) groups is 1. The van der Waals surface area contributed by atoms with Crippen molar-refractivity contribution in [3.05, 3.63) is 69.7 Å². The van der Waals surface area contributed by atoms with E-state index in [1.54, 1.807) is 0 Å². The second-order valence-corrected chi connectivity index (χ2v) is 7.89. The first-order valence-electron chi connectivity index (χ1n) is 9.23. The van der Waals surface area contributed by atoms with Crippen LogP contribution in [0.25, 0.3) is 0 Å². The number of hydrogen-bond acceptors (Lipinski definition) is 3. The molecule has 3 rings (SSSR count). The van der Waals surface area contributed by atoms with Crippen LogP contribution in [-0.4, -0.2) is 48.4 Å². The molecule has 1 saturated heterocycles. The van der Waals surface area contributed by atoms with Gasteiger partial charge in [-0.15, -0.1) is 0 Å². The van der Waals surface area contributed by atoms with Crippen LogP contribution in [0.5, 0.6) is 0 Å². The fourth-order valence-electron chi connectivity index (χ4n) is 3.28. The number of carbonyl (C=O) groups excluding carboxylic acids is 1. The third-order valence-electron chi connectivity index (χ3n) is 4.90. The molecule has 2 aromatic rings. The van der Waals surface area contributed by atoms with E-state index in [4.69, 9.17) is 23.2 Å². The largest absolute Gasteiger partial charge is 0.348 e. The molecule has 1 atom stereocenters. The first-order valence-corrected chi connectivity index (χ1v) is 9.99. The van der Waals surface area contributed by atoms with Crippen LogP contribution >= 0.6 is 23.2 Å². The summed E-state index contributed by atoms with van der Waals surface area (Å²) in [5.41, 5.74) is 2.32. The molecular weight excluding hydrogens is 381 g/mol. The molecule has 6 heteroatoms. The molecule has 144 valence electrons. The van der Waals surface area contributed by atoms with Gasteiger partial charge in [-0.25, -0.2) is 0 Å². The Balaban J connectivity index is 1.41. The SMILES string of the molecule is CC(NC(=O)CN1CCN(Cc2ccc(Cl)cc2)CC1)c1ccc(Cl)cc1. The van der Waals surface area contributed by atoms with Gasteiger partial charge >= 0.3 is 0 Å². The van der Waals surface area contributed by atoms with Crippen molar-refractivity contribution in [1.29, 1.82) is 0 Å². The molecule has 0 bridgehead atoms. The van der Waals surface area contributed by atoms with Crippen molar-refractivity contribution < 1.29 is 4.79 Å². The zero-order valence-corrected chi connectivity index (χ0v) is 17.0. The first kappa shape index (κ1) is 20.2. The maximum absolute atomic E-state index is 12.4. The van der Waals surface area contributed by atoms with Crippen LogP contribution in [0.2, 0.25) is 10.0 Å². The summed E-state index contributed by atoms with van der Waals surface area (Å²) in [5.74, 6) is 0.0589. The molecule has 0 saturated carbocycles. The van der Waals surface area contributed by atoms with Crippen molar-refractivity contribution in [3.8, 4) is 0 Å². The fraction of sp³-hybridized carbons (Fsp3) is 0.381. The van der Waals surface area contributed by atoms with Gasteiger partial charge in [0.05, 0.1) is 12.6 Å². The van der Waals surface area contributed by atoms with Gasteiger partial charge in [0.15, 0.2) is 0 Å². The summed E-state index contributed by atoms with van der Waals surface area (Å²) in [6.45, 7) is 7.07. The lowest BCUT2D eigenvalue weighted by Crippen LogP contribution is -2.49. The lowest BCUT2D eigenvalue weighted by molar-refractivity contribution is -0.123. The average Bonchev–Trinajstić information content (AvgIpc) is 2.65. The molecule has 1 amide bonds. The number of halogens is 2. The Labute approximate surface area is 171 Å². The molecule has 27 heavy (non-hydrogen) atoms. The van der Waals surface area contributed by atoms with Crippen molar-refractivity contribution in [2.75, 3.05) is 32.7 Å². The Bertz CT molecular complexity index is 741. The van der Waals surface area contributed by atoms with E-state index in [-0.39, 0.29) is 11.9 Å². The molecular formula is C21H25Cl2N3O. The molecule has 1 fully saturated rings. The quantitative estimate of drug-likeness (QED) is 0.788. The van der Waals surface area contributed by atoms with Crippen LogP contribution in [0.15, 0.2) is 48.5 Å². The van der Waals surface area contributed by atoms with Gasteiger partial charge < -0.3 is 5.32 Å². The lowest BCUT2D eigenvalue weighted by Gasteiger charge is -2.34. The third kappa shape index (κ3) is 6.22. The highest BCUT2D eigenvalue weighted by Gasteiger charge is 2.20. The molecule has 1 unspecified atom stereocenters. The smallest absolute Gasteiger partial charge is 0.234 e. The summed E-state index contributed by atoms with van der Waals surface area (Å²) in [5, 5.41) is 4.54. The van der Waals surface area contributed by atoms with Gasteiger partial charge in [0.2, 0.25) is 5.91 Å². The zero-order valence-electron chi connectivity index (χ0n) is 15.5. The highest BCUT2D eigenvalue weighted by molar-refractivity contribution is 6.30. The molecule has 2 aromatic carbocycles. The number of benzene rings is 2. The zero-order chi connectivity index (χ0) is 19.2. The van der Waals surface area contributed by atoms with Gasteiger partial charge in [-0.1, -0.05) is 47.5 Å². The summed E-state index contributed by atoms with van der Waals surface area (Å²) < 4.78 is 0. The predicted molar refractivity (Wildman–Crippen MR) is 111 cm³/mol. The molecule has 4 nitrogen and oxygen atoms in total. The van der Waals surface area contributed by atoms with Crippen molar-refractivity contribution in [3.63, 3.8) is 0 Å². The minimum Gasteiger partial charge on any atom is -0.348 e. The van der Waals surface area contributed by atoms with Crippen LogP contribution in [-0.2, 0) is 11.3 Å². The van der Waals surface area contributed by atoms with E-state index in [0.717, 1.165) is 43.3 Å². The van der Waals surface area contributed by atoms with E-state index < -0.39 is 0 Å². The molecule has 0 aromatic heterocycles. The molecule has 0 aliphatic carbocycles. The molecule has 1 heterocycles. The Morgan fingerprint density at radius 3 is 2.04 bits per heavy atom. The van der Waals surface area contributed by atoms with Crippen molar-refractivity contribution in [2.45, 2.75) is 19.5 Å². The Morgan fingerprint density at radius 2 is 1.44 bits per heavy atom. The van der Waals surface area contributed by atoms with Crippen molar-refractivity contribution in [1.82, 2.24) is 15.1 Å². The number of hydrogen-bond donors (Lipinski definition) is 1. The Morgan fingerprint density at radius 1 is 0.926 bits per heavy atom. The van der Waals surface area contributed by atoms with Crippen LogP contribution in [0, 0.1) is 0 Å². The Kier molecular flexibility index (Phi) is 7.13. The van der Waals surface area contributed by atoms with Crippen LogP contribution in [0.3, 0.4) is 0 Å². The summed E-state index contributed by atoms with van der Waals surface area (Å²) >= 11 is 11.9. The second-order valence-electron chi connectivity index (χ2n) is 7.02. The lowest BCUT2D eigenvalue weighted by atomic mass is 10.1. The van der Waals surface area contributed by atoms with E-state index in [1.165, 1.54) is 5.56 Å². The van der Waals surface area contributed by atoms with Crippen LogP contribution in [0.1, 0.15) is 24.1 Å². The van der Waals surface area contributed by atoms with Crippen molar-refractivity contribution >= 4 is 29.1 Å². The van der Waals surface area contributed by atoms with Gasteiger partial charge in [-0.05, 0) is 42.3 Å². The van der Waals surface area contributed by atoms with E-state index >= 15 is 0 Å². The summed E-state index contributed by atoms with van der Waals surface area (Å²) in [6.07, 6.45) is 0. The highest BCUT2D eigenvalue weighted by Crippen LogP contribution is 2.16. The fourth-order valence-corrected chi connectivity index (χ4v) is 3.53. The number of piperazine rings is 1. The maximum atomic E-state index is 12.4. The minimum atomic E-state index is -0.0269. The number of nitrogens with zero attached hydrogens (tertiary/aromatic N) is 2. The number of rotatable bonds is 6. The average molecular weight is 406 g/mol. The van der Waals surface area contributed by atoms with Gasteiger partial charge in [-0.2, -0.15) is 0 Å².